The molecule has 2 rings (SSSR count). The molecule has 1 aromatic carbocycles. The molecule has 0 atom stereocenters. The average molecular weight is 209 g/mol. The number of amides is 1. The van der Waals surface area contributed by atoms with E-state index in [0.717, 1.165) is 5.56 Å². The van der Waals surface area contributed by atoms with Crippen molar-refractivity contribution in [2.24, 2.45) is 0 Å². The lowest BCUT2D eigenvalue weighted by Gasteiger charge is -2.18. The highest BCUT2D eigenvalue weighted by Gasteiger charge is 2.12. The van der Waals surface area contributed by atoms with E-state index in [1.807, 2.05) is 0 Å². The van der Waals surface area contributed by atoms with E-state index >= 15 is 0 Å². The summed E-state index contributed by atoms with van der Waals surface area (Å²) < 4.78 is 10.7. The summed E-state index contributed by atoms with van der Waals surface area (Å²) in [4.78, 5) is 10.9. The highest BCUT2D eigenvalue weighted by molar-refractivity contribution is 5.77. The predicted octanol–water partition coefficient (Wildman–Crippen LogP) is 0.506. The number of nitrogens with one attached hydrogen (secondary N) is 1. The van der Waals surface area contributed by atoms with Gasteiger partial charge < -0.3 is 9.47 Å². The SMILES string of the molecule is O=C(Cc1ccc2c(c1)OCCO2)NO. The van der Waals surface area contributed by atoms with Crippen LogP contribution in [0.2, 0.25) is 0 Å². The molecule has 0 unspecified atom stereocenters. The minimum atomic E-state index is -0.452. The number of hydrogen-bond donors (Lipinski definition) is 2. The fraction of sp³-hybridized carbons (Fsp3) is 0.300. The fourth-order valence-corrected chi connectivity index (χ4v) is 1.42. The second-order valence-corrected chi connectivity index (χ2v) is 3.19. The summed E-state index contributed by atoms with van der Waals surface area (Å²) in [6.45, 7) is 1.06. The Hall–Kier alpha value is -1.75. The van der Waals surface area contributed by atoms with Crippen LogP contribution in [0.3, 0.4) is 0 Å². The molecule has 0 spiro atoms. The molecule has 0 radical (unpaired) electrons. The van der Waals surface area contributed by atoms with Gasteiger partial charge >= 0.3 is 0 Å². The number of carbonyl (C=O) groups excluding carboxylic acids is 1. The Labute approximate surface area is 86.6 Å². The van der Waals surface area contributed by atoms with Gasteiger partial charge in [-0.1, -0.05) is 6.07 Å². The molecule has 5 heteroatoms. The van der Waals surface area contributed by atoms with Crippen molar-refractivity contribution in [1.82, 2.24) is 5.48 Å². The maximum absolute atomic E-state index is 10.9. The zero-order valence-corrected chi connectivity index (χ0v) is 8.03. The Morgan fingerprint density at radius 1 is 1.33 bits per heavy atom. The maximum atomic E-state index is 10.9. The molecule has 2 N–H and O–H groups in total. The average Bonchev–Trinajstić information content (AvgIpc) is 2.29. The van der Waals surface area contributed by atoms with Crippen molar-refractivity contribution in [2.45, 2.75) is 6.42 Å². The third-order valence-corrected chi connectivity index (χ3v) is 2.10. The number of ether oxygens (including phenoxy) is 2. The Morgan fingerprint density at radius 2 is 2.07 bits per heavy atom. The summed E-state index contributed by atoms with van der Waals surface area (Å²) in [6, 6.07) is 5.26. The number of rotatable bonds is 2. The quantitative estimate of drug-likeness (QED) is 0.550. The van der Waals surface area contributed by atoms with E-state index in [9.17, 15) is 4.79 Å². The lowest BCUT2D eigenvalue weighted by molar-refractivity contribution is -0.128. The molecule has 0 bridgehead atoms. The van der Waals surface area contributed by atoms with E-state index in [2.05, 4.69) is 0 Å². The highest BCUT2D eigenvalue weighted by Crippen LogP contribution is 2.30. The van der Waals surface area contributed by atoms with E-state index in [1.165, 1.54) is 0 Å². The maximum Gasteiger partial charge on any atom is 0.247 e. The molecule has 1 aromatic rings. The van der Waals surface area contributed by atoms with Gasteiger partial charge in [0.05, 0.1) is 6.42 Å². The van der Waals surface area contributed by atoms with Gasteiger partial charge in [0.2, 0.25) is 5.91 Å². The standard InChI is InChI=1S/C10H11NO4/c12-10(11-13)6-7-1-2-8-9(5-7)15-4-3-14-8/h1-2,5,13H,3-4,6H2,(H,11,12). The lowest BCUT2D eigenvalue weighted by Crippen LogP contribution is -2.21. The van der Waals surface area contributed by atoms with Crippen molar-refractivity contribution >= 4 is 5.91 Å². The normalized spacial score (nSPS) is 13.4. The van der Waals surface area contributed by atoms with Crippen LogP contribution in [0.15, 0.2) is 18.2 Å². The van der Waals surface area contributed by atoms with Crippen LogP contribution in [-0.2, 0) is 11.2 Å². The Bertz CT molecular complexity index is 378. The molecule has 0 saturated carbocycles. The van der Waals surface area contributed by atoms with E-state index in [0.29, 0.717) is 24.7 Å². The fourth-order valence-electron chi connectivity index (χ4n) is 1.42. The Morgan fingerprint density at radius 3 is 2.80 bits per heavy atom. The zero-order valence-electron chi connectivity index (χ0n) is 8.03. The Balaban J connectivity index is 2.17. The smallest absolute Gasteiger partial charge is 0.247 e. The van der Waals surface area contributed by atoms with E-state index in [-0.39, 0.29) is 6.42 Å². The molecule has 80 valence electrons. The van der Waals surface area contributed by atoms with Crippen LogP contribution in [-0.4, -0.2) is 24.3 Å². The molecule has 0 fully saturated rings. The van der Waals surface area contributed by atoms with E-state index in [4.69, 9.17) is 14.7 Å². The molecule has 1 aliphatic rings. The van der Waals surface area contributed by atoms with Gasteiger partial charge in [-0.05, 0) is 17.7 Å². The van der Waals surface area contributed by atoms with Gasteiger partial charge in [-0.2, -0.15) is 0 Å². The summed E-state index contributed by atoms with van der Waals surface area (Å²) in [5.74, 6) is 0.880. The number of carbonyl (C=O) groups is 1. The summed E-state index contributed by atoms with van der Waals surface area (Å²) in [5.41, 5.74) is 2.35. The topological polar surface area (TPSA) is 67.8 Å². The second-order valence-electron chi connectivity index (χ2n) is 3.19. The van der Waals surface area contributed by atoms with Gasteiger partial charge in [0, 0.05) is 0 Å². The Kier molecular flexibility index (Phi) is 2.73. The number of benzene rings is 1. The minimum Gasteiger partial charge on any atom is -0.486 e. The molecule has 0 aliphatic carbocycles. The second kappa shape index (κ2) is 4.18. The molecular formula is C10H11NO4. The van der Waals surface area contributed by atoms with Crippen molar-refractivity contribution in [3.05, 3.63) is 23.8 Å². The zero-order chi connectivity index (χ0) is 10.7. The molecule has 1 aliphatic heterocycles. The lowest BCUT2D eigenvalue weighted by atomic mass is 10.1. The van der Waals surface area contributed by atoms with Gasteiger partial charge in [-0.3, -0.25) is 10.0 Å². The van der Waals surface area contributed by atoms with Crippen LogP contribution < -0.4 is 15.0 Å². The van der Waals surface area contributed by atoms with Crippen LogP contribution in [0.4, 0.5) is 0 Å². The molecule has 5 nitrogen and oxygen atoms in total. The number of hydrogen-bond acceptors (Lipinski definition) is 4. The van der Waals surface area contributed by atoms with Crippen molar-refractivity contribution in [3.63, 3.8) is 0 Å². The van der Waals surface area contributed by atoms with E-state index in [1.54, 1.807) is 23.7 Å². The van der Waals surface area contributed by atoms with Gasteiger partial charge in [-0.15, -0.1) is 0 Å². The first kappa shape index (κ1) is 9.79. The van der Waals surface area contributed by atoms with Crippen molar-refractivity contribution in [1.29, 1.82) is 0 Å². The van der Waals surface area contributed by atoms with Crippen molar-refractivity contribution in [2.75, 3.05) is 13.2 Å². The third-order valence-electron chi connectivity index (χ3n) is 2.10. The molecule has 0 aromatic heterocycles. The first-order valence-electron chi connectivity index (χ1n) is 4.61. The number of fused-ring (bicyclic) bond motifs is 1. The van der Waals surface area contributed by atoms with Gasteiger partial charge in [-0.25, -0.2) is 5.48 Å². The first-order valence-corrected chi connectivity index (χ1v) is 4.61. The molecule has 1 heterocycles. The van der Waals surface area contributed by atoms with E-state index < -0.39 is 5.91 Å². The van der Waals surface area contributed by atoms with Gasteiger partial charge in [0.1, 0.15) is 13.2 Å². The van der Waals surface area contributed by atoms with Crippen molar-refractivity contribution in [3.8, 4) is 11.5 Å². The summed E-state index contributed by atoms with van der Waals surface area (Å²) in [7, 11) is 0. The predicted molar refractivity (Wildman–Crippen MR) is 51.1 cm³/mol. The van der Waals surface area contributed by atoms with Crippen LogP contribution in [0.1, 0.15) is 5.56 Å². The van der Waals surface area contributed by atoms with Crippen LogP contribution in [0.25, 0.3) is 0 Å². The highest BCUT2D eigenvalue weighted by atomic mass is 16.6. The largest absolute Gasteiger partial charge is 0.486 e. The minimum absolute atomic E-state index is 0.118. The van der Waals surface area contributed by atoms with Crippen LogP contribution in [0.5, 0.6) is 11.5 Å². The summed E-state index contributed by atoms with van der Waals surface area (Å²) in [5, 5.41) is 8.38. The molecule has 0 saturated heterocycles. The van der Waals surface area contributed by atoms with Crippen molar-refractivity contribution < 1.29 is 19.5 Å². The van der Waals surface area contributed by atoms with Gasteiger partial charge in [0.25, 0.3) is 0 Å². The third kappa shape index (κ3) is 2.19. The van der Waals surface area contributed by atoms with Crippen LogP contribution >= 0.6 is 0 Å². The molecule has 15 heavy (non-hydrogen) atoms. The monoisotopic (exact) mass is 209 g/mol. The van der Waals surface area contributed by atoms with Crippen LogP contribution in [0, 0.1) is 0 Å². The van der Waals surface area contributed by atoms with Gasteiger partial charge in [0.15, 0.2) is 11.5 Å². The molecule has 1 amide bonds. The summed E-state index contributed by atoms with van der Waals surface area (Å²) >= 11 is 0. The first-order chi connectivity index (χ1) is 7.29. The molecular weight excluding hydrogens is 198 g/mol. The number of hydroxylamine groups is 1. The summed E-state index contributed by atoms with van der Waals surface area (Å²) in [6.07, 6.45) is 0.118.